The lowest BCUT2D eigenvalue weighted by atomic mass is 10.0. The van der Waals surface area contributed by atoms with Crippen LogP contribution in [0.15, 0.2) is 11.6 Å². The number of unbranched alkanes of at least 4 members (excludes halogenated alkanes) is 2. The van der Waals surface area contributed by atoms with Crippen LogP contribution in [0.4, 0.5) is 0 Å². The molecule has 0 saturated carbocycles. The van der Waals surface area contributed by atoms with Crippen LogP contribution in [0.2, 0.25) is 0 Å². The number of allylic oxidation sites excluding steroid dienone is 2. The van der Waals surface area contributed by atoms with E-state index in [1.165, 1.54) is 32.1 Å². The summed E-state index contributed by atoms with van der Waals surface area (Å²) >= 11 is 0. The molecule has 0 radical (unpaired) electrons. The zero-order valence-electron chi connectivity index (χ0n) is 9.18. The zero-order valence-corrected chi connectivity index (χ0v) is 9.18. The molecule has 1 heteroatoms. The summed E-state index contributed by atoms with van der Waals surface area (Å²) in [6, 6.07) is 0. The molecule has 0 unspecified atom stereocenters. The number of hydrogen-bond donors (Lipinski definition) is 1. The van der Waals surface area contributed by atoms with Crippen molar-refractivity contribution < 1.29 is 5.11 Å². The third kappa shape index (κ3) is 8.04. The molecule has 0 aliphatic carbocycles. The maximum absolute atomic E-state index is 8.62. The van der Waals surface area contributed by atoms with E-state index in [0.29, 0.717) is 6.61 Å². The van der Waals surface area contributed by atoms with Gasteiger partial charge in [0.2, 0.25) is 0 Å². The molecule has 78 valence electrons. The summed E-state index contributed by atoms with van der Waals surface area (Å²) < 4.78 is 0. The van der Waals surface area contributed by atoms with E-state index < -0.39 is 0 Å². The maximum atomic E-state index is 8.62. The molecule has 1 nitrogen and oxygen atoms in total. The van der Waals surface area contributed by atoms with Gasteiger partial charge < -0.3 is 5.11 Å². The van der Waals surface area contributed by atoms with E-state index in [0.717, 1.165) is 12.8 Å². The molecule has 13 heavy (non-hydrogen) atoms. The largest absolute Gasteiger partial charge is 0.396 e. The Balaban J connectivity index is 3.51. The highest BCUT2D eigenvalue weighted by molar-refractivity contribution is 5.01. The predicted molar refractivity (Wildman–Crippen MR) is 58.8 cm³/mol. The van der Waals surface area contributed by atoms with E-state index in [9.17, 15) is 0 Å². The van der Waals surface area contributed by atoms with Crippen molar-refractivity contribution in [2.75, 3.05) is 6.61 Å². The second kappa shape index (κ2) is 9.79. The van der Waals surface area contributed by atoms with E-state index in [-0.39, 0.29) is 0 Å². The van der Waals surface area contributed by atoms with Crippen LogP contribution in [-0.4, -0.2) is 11.7 Å². The highest BCUT2D eigenvalue weighted by Crippen LogP contribution is 2.14. The van der Waals surface area contributed by atoms with Gasteiger partial charge in [0.1, 0.15) is 0 Å². The maximum Gasteiger partial charge on any atom is 0.0431 e. The number of hydrogen-bond acceptors (Lipinski definition) is 1. The highest BCUT2D eigenvalue weighted by atomic mass is 16.2. The Morgan fingerprint density at radius 3 is 2.38 bits per heavy atom. The molecular weight excluding hydrogens is 160 g/mol. The van der Waals surface area contributed by atoms with Crippen LogP contribution in [0.3, 0.4) is 0 Å². The smallest absolute Gasteiger partial charge is 0.0431 e. The van der Waals surface area contributed by atoms with Crippen molar-refractivity contribution in [3.8, 4) is 0 Å². The number of rotatable bonds is 8. The van der Waals surface area contributed by atoms with E-state index in [2.05, 4.69) is 19.9 Å². The molecule has 0 aliphatic heterocycles. The third-order valence-corrected chi connectivity index (χ3v) is 2.22. The minimum absolute atomic E-state index is 0.348. The lowest BCUT2D eigenvalue weighted by Crippen LogP contribution is -1.87. The predicted octanol–water partition coefficient (Wildman–Crippen LogP) is 3.68. The molecule has 1 N–H and O–H groups in total. The van der Waals surface area contributed by atoms with Gasteiger partial charge in [0, 0.05) is 6.61 Å². The molecular formula is C12H24O. The number of aliphatic hydroxyl groups excluding tert-OH is 1. The Morgan fingerprint density at radius 2 is 1.85 bits per heavy atom. The van der Waals surface area contributed by atoms with Gasteiger partial charge in [-0.25, -0.2) is 0 Å². The van der Waals surface area contributed by atoms with Crippen LogP contribution in [0.1, 0.15) is 58.8 Å². The van der Waals surface area contributed by atoms with Gasteiger partial charge in [-0.3, -0.25) is 0 Å². The topological polar surface area (TPSA) is 20.2 Å². The van der Waals surface area contributed by atoms with Crippen LogP contribution in [-0.2, 0) is 0 Å². The second-order valence-corrected chi connectivity index (χ2v) is 3.55. The van der Waals surface area contributed by atoms with Crippen molar-refractivity contribution in [1.29, 1.82) is 0 Å². The minimum atomic E-state index is 0.348. The molecule has 0 atom stereocenters. The first-order valence-corrected chi connectivity index (χ1v) is 5.63. The summed E-state index contributed by atoms with van der Waals surface area (Å²) in [5.74, 6) is 0. The molecule has 0 aromatic heterocycles. The van der Waals surface area contributed by atoms with Crippen LogP contribution >= 0.6 is 0 Å². The summed E-state index contributed by atoms with van der Waals surface area (Å²) in [5.41, 5.74) is 1.61. The zero-order chi connectivity index (χ0) is 9.94. The molecule has 0 spiro atoms. The van der Waals surface area contributed by atoms with Gasteiger partial charge in [0.15, 0.2) is 0 Å². The van der Waals surface area contributed by atoms with Crippen molar-refractivity contribution >= 4 is 0 Å². The molecule has 0 aromatic rings. The summed E-state index contributed by atoms with van der Waals surface area (Å²) in [4.78, 5) is 0. The average molecular weight is 184 g/mol. The fraction of sp³-hybridized carbons (Fsp3) is 0.833. The van der Waals surface area contributed by atoms with Gasteiger partial charge >= 0.3 is 0 Å². The van der Waals surface area contributed by atoms with Crippen molar-refractivity contribution in [2.24, 2.45) is 0 Å². The lowest BCUT2D eigenvalue weighted by Gasteiger charge is -2.05. The first-order valence-electron chi connectivity index (χ1n) is 5.63. The minimum Gasteiger partial charge on any atom is -0.396 e. The van der Waals surface area contributed by atoms with Crippen LogP contribution < -0.4 is 0 Å². The quantitative estimate of drug-likeness (QED) is 0.451. The summed E-state index contributed by atoms with van der Waals surface area (Å²) in [6.07, 6.45) is 10.7. The van der Waals surface area contributed by atoms with Crippen LogP contribution in [0, 0.1) is 0 Å². The average Bonchev–Trinajstić information content (AvgIpc) is 2.13. The fourth-order valence-electron chi connectivity index (χ4n) is 1.58. The summed E-state index contributed by atoms with van der Waals surface area (Å²) in [6.45, 7) is 4.78. The fourth-order valence-corrected chi connectivity index (χ4v) is 1.58. The first kappa shape index (κ1) is 12.7. The van der Waals surface area contributed by atoms with Gasteiger partial charge in [-0.05, 0) is 32.1 Å². The molecule has 0 saturated heterocycles. The van der Waals surface area contributed by atoms with Gasteiger partial charge in [-0.15, -0.1) is 0 Å². The van der Waals surface area contributed by atoms with Gasteiger partial charge in [0.25, 0.3) is 0 Å². The third-order valence-electron chi connectivity index (χ3n) is 2.22. The second-order valence-electron chi connectivity index (χ2n) is 3.55. The molecule has 0 heterocycles. The Hall–Kier alpha value is -0.300. The van der Waals surface area contributed by atoms with E-state index >= 15 is 0 Å². The number of aliphatic hydroxyl groups is 1. The van der Waals surface area contributed by atoms with E-state index in [4.69, 9.17) is 5.11 Å². The van der Waals surface area contributed by atoms with Gasteiger partial charge in [-0.1, -0.05) is 38.3 Å². The SMILES string of the molecule is CCC=C(CCC)CCCCCO. The Labute approximate surface area is 82.9 Å². The van der Waals surface area contributed by atoms with E-state index in [1.54, 1.807) is 5.57 Å². The Morgan fingerprint density at radius 1 is 1.08 bits per heavy atom. The van der Waals surface area contributed by atoms with Crippen LogP contribution in [0.5, 0.6) is 0 Å². The highest BCUT2D eigenvalue weighted by Gasteiger charge is 1.95. The molecule has 0 rings (SSSR count). The lowest BCUT2D eigenvalue weighted by molar-refractivity contribution is 0.283. The standard InChI is InChI=1S/C12H24O/c1-3-8-12(9-4-2)10-6-5-7-11-13/h8,13H,3-7,9-11H2,1-2H3. The van der Waals surface area contributed by atoms with Gasteiger partial charge in [0.05, 0.1) is 0 Å². The molecule has 0 amide bonds. The summed E-state index contributed by atoms with van der Waals surface area (Å²) in [7, 11) is 0. The van der Waals surface area contributed by atoms with Gasteiger partial charge in [-0.2, -0.15) is 0 Å². The molecule has 0 aromatic carbocycles. The van der Waals surface area contributed by atoms with Crippen molar-refractivity contribution in [1.82, 2.24) is 0 Å². The Bertz CT molecular complexity index is 127. The monoisotopic (exact) mass is 184 g/mol. The molecule has 0 aliphatic rings. The van der Waals surface area contributed by atoms with Crippen molar-refractivity contribution in [2.45, 2.75) is 58.8 Å². The van der Waals surface area contributed by atoms with Crippen LogP contribution in [0.25, 0.3) is 0 Å². The first-order chi connectivity index (χ1) is 6.35. The van der Waals surface area contributed by atoms with E-state index in [1.807, 2.05) is 0 Å². The van der Waals surface area contributed by atoms with Crippen molar-refractivity contribution in [3.05, 3.63) is 11.6 Å². The molecule has 0 bridgehead atoms. The van der Waals surface area contributed by atoms with Crippen molar-refractivity contribution in [3.63, 3.8) is 0 Å². The summed E-state index contributed by atoms with van der Waals surface area (Å²) in [5, 5.41) is 8.62. The molecule has 0 fully saturated rings. The normalized spacial score (nSPS) is 12.1. The Kier molecular flexibility index (Phi) is 9.56.